The first kappa shape index (κ1) is 6.13. The maximum absolute atomic E-state index is 10.6. The van der Waals surface area contributed by atoms with Crippen molar-refractivity contribution in [2.75, 3.05) is 0 Å². The number of Topliss-reactive ketones (excluding diaryl/α,β-unsaturated/α-hetero) is 3. The molecule has 3 nitrogen and oxygen atoms in total. The normalized spacial score (nSPS) is 27.7. The molecule has 0 aromatic rings. The van der Waals surface area contributed by atoms with Gasteiger partial charge in [-0.15, -0.1) is 0 Å². The van der Waals surface area contributed by atoms with E-state index in [0.29, 0.717) is 0 Å². The van der Waals surface area contributed by atoms with Gasteiger partial charge in [0.15, 0.2) is 5.78 Å². The molecule has 1 saturated carbocycles. The van der Waals surface area contributed by atoms with Gasteiger partial charge in [-0.25, -0.2) is 0 Å². The molecule has 0 radical (unpaired) electrons. The summed E-state index contributed by atoms with van der Waals surface area (Å²) in [5.41, 5.74) is 0. The lowest BCUT2D eigenvalue weighted by Gasteiger charge is -1.89. The highest BCUT2D eigenvalue weighted by atomic mass is 16.2. The average Bonchev–Trinajstić information content (AvgIpc) is 1.98. The summed E-state index contributed by atoms with van der Waals surface area (Å²) in [6.45, 7) is 1.47. The molecule has 0 aromatic heterocycles. The van der Waals surface area contributed by atoms with Gasteiger partial charge in [-0.05, 0) is 6.92 Å². The van der Waals surface area contributed by atoms with Crippen LogP contribution in [0.25, 0.3) is 0 Å². The molecule has 0 N–H and O–H groups in total. The number of carbonyl (C=O) groups excluding carboxylic acids is 3. The summed E-state index contributed by atoms with van der Waals surface area (Å²) in [6.07, 6.45) is -0.181. The zero-order valence-corrected chi connectivity index (χ0v) is 5.01. The van der Waals surface area contributed by atoms with Crippen molar-refractivity contribution in [2.45, 2.75) is 13.3 Å². The van der Waals surface area contributed by atoms with Gasteiger partial charge in [-0.1, -0.05) is 0 Å². The third-order valence-electron chi connectivity index (χ3n) is 1.49. The van der Waals surface area contributed by atoms with E-state index in [9.17, 15) is 14.4 Å². The molecule has 1 atom stereocenters. The molecule has 0 amide bonds. The second-order valence-electron chi connectivity index (χ2n) is 2.15. The van der Waals surface area contributed by atoms with Gasteiger partial charge in [-0.3, -0.25) is 14.4 Å². The van der Waals surface area contributed by atoms with Crippen molar-refractivity contribution in [1.82, 2.24) is 0 Å². The van der Waals surface area contributed by atoms with Gasteiger partial charge in [0.2, 0.25) is 11.6 Å². The highest BCUT2D eigenvalue weighted by Gasteiger charge is 2.36. The fraction of sp³-hybridized carbons (Fsp3) is 0.500. The van der Waals surface area contributed by atoms with Gasteiger partial charge in [-0.2, -0.15) is 0 Å². The Morgan fingerprint density at radius 1 is 1.33 bits per heavy atom. The van der Waals surface area contributed by atoms with Crippen LogP contribution in [0.2, 0.25) is 0 Å². The fourth-order valence-corrected chi connectivity index (χ4v) is 0.786. The minimum Gasteiger partial charge on any atom is -0.298 e. The van der Waals surface area contributed by atoms with Crippen LogP contribution in [0.5, 0.6) is 0 Å². The standard InChI is InChI=1S/C6H6O3/c1-3-4(7)2-5(8)6(3)9/h3H,2H2,1H3. The summed E-state index contributed by atoms with van der Waals surface area (Å²) in [5.74, 6) is -1.98. The Kier molecular flexibility index (Phi) is 1.20. The van der Waals surface area contributed by atoms with E-state index in [1.54, 1.807) is 0 Å². The van der Waals surface area contributed by atoms with E-state index in [4.69, 9.17) is 0 Å². The topological polar surface area (TPSA) is 51.2 Å². The van der Waals surface area contributed by atoms with Gasteiger partial charge in [0.1, 0.15) is 0 Å². The molecule has 48 valence electrons. The maximum Gasteiger partial charge on any atom is 0.209 e. The first-order chi connectivity index (χ1) is 4.13. The number of hydrogen-bond donors (Lipinski definition) is 0. The van der Waals surface area contributed by atoms with Crippen LogP contribution >= 0.6 is 0 Å². The number of hydrogen-bond acceptors (Lipinski definition) is 3. The molecule has 1 unspecified atom stereocenters. The van der Waals surface area contributed by atoms with Crippen molar-refractivity contribution < 1.29 is 14.4 Å². The van der Waals surface area contributed by atoms with Crippen molar-refractivity contribution in [1.29, 1.82) is 0 Å². The highest BCUT2D eigenvalue weighted by Crippen LogP contribution is 2.12. The number of rotatable bonds is 0. The molecule has 1 aliphatic carbocycles. The molecule has 0 heterocycles. The highest BCUT2D eigenvalue weighted by molar-refractivity contribution is 6.49. The molecule has 0 saturated heterocycles. The Morgan fingerprint density at radius 3 is 2.00 bits per heavy atom. The fourth-order valence-electron chi connectivity index (χ4n) is 0.786. The zero-order chi connectivity index (χ0) is 7.02. The largest absolute Gasteiger partial charge is 0.298 e. The lowest BCUT2D eigenvalue weighted by Crippen LogP contribution is -2.12. The monoisotopic (exact) mass is 126 g/mol. The van der Waals surface area contributed by atoms with E-state index in [2.05, 4.69) is 0 Å². The SMILES string of the molecule is CC1C(=O)CC(=O)C1=O. The zero-order valence-electron chi connectivity index (χ0n) is 5.01. The Bertz CT molecular complexity index is 192. The summed E-state index contributed by atoms with van der Waals surface area (Å²) in [5, 5.41) is 0. The molecule has 9 heavy (non-hydrogen) atoms. The van der Waals surface area contributed by atoms with Crippen LogP contribution < -0.4 is 0 Å². The van der Waals surface area contributed by atoms with Gasteiger partial charge in [0.05, 0.1) is 12.3 Å². The summed E-state index contributed by atoms with van der Waals surface area (Å²) in [7, 11) is 0. The van der Waals surface area contributed by atoms with Crippen LogP contribution in [-0.4, -0.2) is 17.3 Å². The number of carbonyl (C=O) groups is 3. The lowest BCUT2D eigenvalue weighted by molar-refractivity contribution is -0.135. The minimum absolute atomic E-state index is 0.181. The molecule has 0 bridgehead atoms. The molecule has 1 rings (SSSR count). The summed E-state index contributed by atoms with van der Waals surface area (Å²) < 4.78 is 0. The molecule has 3 heteroatoms. The quantitative estimate of drug-likeness (QED) is 0.331. The van der Waals surface area contributed by atoms with E-state index in [1.807, 2.05) is 0 Å². The average molecular weight is 126 g/mol. The Labute approximate surface area is 52.0 Å². The second-order valence-corrected chi connectivity index (χ2v) is 2.15. The van der Waals surface area contributed by atoms with Crippen molar-refractivity contribution in [3.63, 3.8) is 0 Å². The molecule has 1 aliphatic rings. The summed E-state index contributed by atoms with van der Waals surface area (Å²) in [4.78, 5) is 31.5. The second kappa shape index (κ2) is 1.76. The minimum atomic E-state index is -0.669. The predicted octanol–water partition coefficient (Wildman–Crippen LogP) is -0.266. The first-order valence-corrected chi connectivity index (χ1v) is 2.72. The van der Waals surface area contributed by atoms with E-state index >= 15 is 0 Å². The van der Waals surface area contributed by atoms with Gasteiger partial charge >= 0.3 is 0 Å². The Balaban J connectivity index is 2.90. The van der Waals surface area contributed by atoms with Crippen LogP contribution in [0.3, 0.4) is 0 Å². The summed E-state index contributed by atoms with van der Waals surface area (Å²) in [6, 6.07) is 0. The van der Waals surface area contributed by atoms with Crippen LogP contribution in [0.15, 0.2) is 0 Å². The first-order valence-electron chi connectivity index (χ1n) is 2.72. The smallest absolute Gasteiger partial charge is 0.209 e. The van der Waals surface area contributed by atoms with E-state index < -0.39 is 17.5 Å². The van der Waals surface area contributed by atoms with Gasteiger partial charge in [0, 0.05) is 0 Å². The Morgan fingerprint density at radius 2 is 1.89 bits per heavy atom. The van der Waals surface area contributed by atoms with Crippen LogP contribution in [0.4, 0.5) is 0 Å². The van der Waals surface area contributed by atoms with Gasteiger partial charge in [0.25, 0.3) is 0 Å². The van der Waals surface area contributed by atoms with Crippen molar-refractivity contribution >= 4 is 17.3 Å². The number of ketones is 3. The van der Waals surface area contributed by atoms with Crippen molar-refractivity contribution in [2.24, 2.45) is 5.92 Å². The van der Waals surface area contributed by atoms with Crippen LogP contribution in [0.1, 0.15) is 13.3 Å². The predicted molar refractivity (Wildman–Crippen MR) is 28.8 cm³/mol. The molecular weight excluding hydrogens is 120 g/mol. The Hall–Kier alpha value is -0.990. The molecular formula is C6H6O3. The lowest BCUT2D eigenvalue weighted by atomic mass is 10.1. The van der Waals surface area contributed by atoms with Crippen molar-refractivity contribution in [3.8, 4) is 0 Å². The third kappa shape index (κ3) is 0.781. The van der Waals surface area contributed by atoms with E-state index in [-0.39, 0.29) is 12.2 Å². The van der Waals surface area contributed by atoms with Gasteiger partial charge < -0.3 is 0 Å². The molecule has 1 fully saturated rings. The van der Waals surface area contributed by atoms with Crippen LogP contribution in [0, 0.1) is 5.92 Å². The van der Waals surface area contributed by atoms with E-state index in [0.717, 1.165) is 0 Å². The summed E-state index contributed by atoms with van der Waals surface area (Å²) >= 11 is 0. The molecule has 0 aromatic carbocycles. The molecule has 0 spiro atoms. The van der Waals surface area contributed by atoms with E-state index in [1.165, 1.54) is 6.92 Å². The maximum atomic E-state index is 10.6. The van der Waals surface area contributed by atoms with Crippen molar-refractivity contribution in [3.05, 3.63) is 0 Å². The molecule has 0 aliphatic heterocycles. The third-order valence-corrected chi connectivity index (χ3v) is 1.49. The van der Waals surface area contributed by atoms with Crippen LogP contribution in [-0.2, 0) is 14.4 Å².